The van der Waals surface area contributed by atoms with E-state index in [0.717, 1.165) is 0 Å². The Morgan fingerprint density at radius 1 is 1.47 bits per heavy atom. The quantitative estimate of drug-likeness (QED) is 0.643. The van der Waals surface area contributed by atoms with Crippen LogP contribution in [0.3, 0.4) is 0 Å². The summed E-state index contributed by atoms with van der Waals surface area (Å²) in [6.07, 6.45) is -0.0801. The number of aromatic amines is 1. The Morgan fingerprint density at radius 2 is 2.12 bits per heavy atom. The summed E-state index contributed by atoms with van der Waals surface area (Å²) in [6, 6.07) is 0.130. The lowest BCUT2D eigenvalue weighted by Crippen LogP contribution is -2.41. The molecule has 1 atom stereocenters. The minimum atomic E-state index is -1.23. The van der Waals surface area contributed by atoms with E-state index in [9.17, 15) is 9.59 Å². The molecule has 6 nitrogen and oxygen atoms in total. The third kappa shape index (κ3) is 3.62. The summed E-state index contributed by atoms with van der Waals surface area (Å²) in [4.78, 5) is 24.8. The molecule has 1 aromatic heterocycles. The van der Waals surface area contributed by atoms with Crippen LogP contribution < -0.4 is 5.32 Å². The van der Waals surface area contributed by atoms with Crippen LogP contribution in [0.15, 0.2) is 6.07 Å². The van der Waals surface area contributed by atoms with Crippen molar-refractivity contribution in [1.82, 2.24) is 10.3 Å². The molecule has 0 aliphatic carbocycles. The van der Waals surface area contributed by atoms with Gasteiger partial charge in [-0.1, -0.05) is 23.2 Å². The van der Waals surface area contributed by atoms with E-state index in [2.05, 4.69) is 10.3 Å². The maximum Gasteiger partial charge on any atom is 0.326 e. The largest absolute Gasteiger partial charge is 0.480 e. The summed E-state index contributed by atoms with van der Waals surface area (Å²) in [5.41, 5.74) is 0.0594. The Balaban J connectivity index is 2.73. The minimum absolute atomic E-state index is 0.0594. The van der Waals surface area contributed by atoms with Gasteiger partial charge < -0.3 is 20.5 Å². The highest BCUT2D eigenvalue weighted by Crippen LogP contribution is 2.21. The van der Waals surface area contributed by atoms with Gasteiger partial charge in [-0.2, -0.15) is 0 Å². The van der Waals surface area contributed by atoms with E-state index in [1.54, 1.807) is 0 Å². The molecule has 1 aromatic rings. The van der Waals surface area contributed by atoms with Crippen LogP contribution in [0.4, 0.5) is 0 Å². The highest BCUT2D eigenvalue weighted by Gasteiger charge is 2.21. The van der Waals surface area contributed by atoms with Gasteiger partial charge in [0.2, 0.25) is 0 Å². The van der Waals surface area contributed by atoms with Crippen molar-refractivity contribution in [3.05, 3.63) is 21.9 Å². The van der Waals surface area contributed by atoms with Gasteiger partial charge in [0.05, 0.1) is 5.02 Å². The Morgan fingerprint density at radius 3 is 2.53 bits per heavy atom. The lowest BCUT2D eigenvalue weighted by Gasteiger charge is -2.12. The predicted octanol–water partition coefficient (Wildman–Crippen LogP) is 0.887. The minimum Gasteiger partial charge on any atom is -0.480 e. The van der Waals surface area contributed by atoms with E-state index in [1.807, 2.05) is 0 Å². The van der Waals surface area contributed by atoms with Crippen LogP contribution in [-0.2, 0) is 4.79 Å². The summed E-state index contributed by atoms with van der Waals surface area (Å²) in [5, 5.41) is 19.9. The highest BCUT2D eigenvalue weighted by atomic mass is 35.5. The van der Waals surface area contributed by atoms with Crippen molar-refractivity contribution in [2.24, 2.45) is 0 Å². The molecule has 4 N–H and O–H groups in total. The number of carbonyl (C=O) groups excluding carboxylic acids is 1. The number of carboxylic acid groups (broad SMARTS) is 1. The lowest BCUT2D eigenvalue weighted by atomic mass is 10.2. The van der Waals surface area contributed by atoms with E-state index in [1.165, 1.54) is 6.07 Å². The smallest absolute Gasteiger partial charge is 0.326 e. The Labute approximate surface area is 107 Å². The maximum absolute atomic E-state index is 11.6. The summed E-state index contributed by atoms with van der Waals surface area (Å²) in [6.45, 7) is -0.344. The molecule has 8 heteroatoms. The molecular formula is C9H10Cl2N2O4. The number of aliphatic hydroxyl groups excluding tert-OH is 1. The average Bonchev–Trinajstić information content (AvgIpc) is 2.58. The van der Waals surface area contributed by atoms with Crippen LogP contribution >= 0.6 is 23.2 Å². The molecule has 94 valence electrons. The molecule has 0 fully saturated rings. The van der Waals surface area contributed by atoms with Crippen molar-refractivity contribution in [2.45, 2.75) is 12.5 Å². The van der Waals surface area contributed by atoms with Gasteiger partial charge in [-0.25, -0.2) is 4.79 Å². The molecule has 0 aliphatic rings. The van der Waals surface area contributed by atoms with E-state index in [-0.39, 0.29) is 28.9 Å². The zero-order valence-corrected chi connectivity index (χ0v) is 10.0. The maximum atomic E-state index is 11.6. The summed E-state index contributed by atoms with van der Waals surface area (Å²) < 4.78 is 0. The van der Waals surface area contributed by atoms with Crippen LogP contribution in [0.1, 0.15) is 16.9 Å². The number of aliphatic carboxylic acids is 1. The number of nitrogens with one attached hydrogen (secondary N) is 2. The monoisotopic (exact) mass is 280 g/mol. The van der Waals surface area contributed by atoms with Gasteiger partial charge in [0.1, 0.15) is 16.9 Å². The molecule has 1 heterocycles. The van der Waals surface area contributed by atoms with E-state index < -0.39 is 17.9 Å². The van der Waals surface area contributed by atoms with Gasteiger partial charge >= 0.3 is 5.97 Å². The van der Waals surface area contributed by atoms with E-state index in [4.69, 9.17) is 33.4 Å². The van der Waals surface area contributed by atoms with Crippen molar-refractivity contribution < 1.29 is 19.8 Å². The van der Waals surface area contributed by atoms with Crippen LogP contribution in [0.25, 0.3) is 0 Å². The van der Waals surface area contributed by atoms with Crippen LogP contribution in [0.2, 0.25) is 10.2 Å². The zero-order chi connectivity index (χ0) is 13.0. The highest BCUT2D eigenvalue weighted by molar-refractivity contribution is 6.41. The second-order valence-electron chi connectivity index (χ2n) is 3.22. The van der Waals surface area contributed by atoms with E-state index in [0.29, 0.717) is 0 Å². The number of hydrogen-bond acceptors (Lipinski definition) is 3. The summed E-state index contributed by atoms with van der Waals surface area (Å²) in [5.74, 6) is -1.88. The molecular weight excluding hydrogens is 271 g/mol. The predicted molar refractivity (Wildman–Crippen MR) is 61.4 cm³/mol. The number of H-pyrrole nitrogens is 1. The molecule has 0 spiro atoms. The Kier molecular flexibility index (Phi) is 4.80. The molecule has 1 rings (SSSR count). The van der Waals surface area contributed by atoms with Crippen molar-refractivity contribution in [1.29, 1.82) is 0 Å². The molecule has 0 saturated carbocycles. The summed E-state index contributed by atoms with van der Waals surface area (Å²) >= 11 is 11.2. The molecule has 0 radical (unpaired) electrons. The van der Waals surface area contributed by atoms with Crippen molar-refractivity contribution >= 4 is 35.1 Å². The fraction of sp³-hybridized carbons (Fsp3) is 0.333. The normalized spacial score (nSPS) is 12.2. The molecule has 0 aromatic carbocycles. The molecule has 0 unspecified atom stereocenters. The lowest BCUT2D eigenvalue weighted by molar-refractivity contribution is -0.139. The van der Waals surface area contributed by atoms with Crippen molar-refractivity contribution in [3.63, 3.8) is 0 Å². The molecule has 0 saturated heterocycles. The Bertz CT molecular complexity index is 413. The Hall–Kier alpha value is -1.24. The number of halogens is 2. The second-order valence-corrected chi connectivity index (χ2v) is 4.01. The van der Waals surface area contributed by atoms with Crippen LogP contribution in [-0.4, -0.2) is 39.7 Å². The first-order valence-corrected chi connectivity index (χ1v) is 5.39. The van der Waals surface area contributed by atoms with Gasteiger partial charge in [-0.15, -0.1) is 0 Å². The number of hydrogen-bond donors (Lipinski definition) is 4. The number of carbonyl (C=O) groups is 2. The fourth-order valence-electron chi connectivity index (χ4n) is 1.15. The van der Waals surface area contributed by atoms with Crippen LogP contribution in [0.5, 0.6) is 0 Å². The molecule has 1 amide bonds. The fourth-order valence-corrected chi connectivity index (χ4v) is 1.46. The number of aliphatic hydroxyl groups is 1. The van der Waals surface area contributed by atoms with Gasteiger partial charge in [0, 0.05) is 13.0 Å². The first kappa shape index (κ1) is 13.8. The zero-order valence-electron chi connectivity index (χ0n) is 8.54. The number of amides is 1. The standard InChI is InChI=1S/C9H10Cl2N2O4/c10-4-3-6(12-7(4)11)8(15)13-5(1-2-14)9(16)17/h3,5,12,14H,1-2H2,(H,13,15)(H,16,17)/t5-/m0/s1. The van der Waals surface area contributed by atoms with E-state index >= 15 is 0 Å². The SMILES string of the molecule is O=C(N[C@@H](CCO)C(=O)O)c1cc(Cl)c(Cl)[nH]1. The van der Waals surface area contributed by atoms with Crippen molar-refractivity contribution in [3.8, 4) is 0 Å². The first-order valence-electron chi connectivity index (χ1n) is 4.64. The summed E-state index contributed by atoms with van der Waals surface area (Å²) in [7, 11) is 0. The third-order valence-electron chi connectivity index (χ3n) is 1.99. The molecule has 0 aliphatic heterocycles. The molecule has 17 heavy (non-hydrogen) atoms. The number of aromatic nitrogens is 1. The number of carboxylic acids is 1. The van der Waals surface area contributed by atoms with Gasteiger partial charge in [-0.3, -0.25) is 4.79 Å². The van der Waals surface area contributed by atoms with Gasteiger partial charge in [-0.05, 0) is 6.07 Å². The van der Waals surface area contributed by atoms with Crippen molar-refractivity contribution in [2.75, 3.05) is 6.61 Å². The van der Waals surface area contributed by atoms with Crippen LogP contribution in [0, 0.1) is 0 Å². The second kappa shape index (κ2) is 5.90. The van der Waals surface area contributed by atoms with Gasteiger partial charge in [0.15, 0.2) is 0 Å². The average molecular weight is 281 g/mol. The topological polar surface area (TPSA) is 102 Å². The third-order valence-corrected chi connectivity index (χ3v) is 2.68. The molecule has 0 bridgehead atoms. The first-order chi connectivity index (χ1) is 7.95. The van der Waals surface area contributed by atoms with Gasteiger partial charge in [0.25, 0.3) is 5.91 Å². The number of rotatable bonds is 5.